The largest absolute Gasteiger partial charge is 0.493 e. The normalized spacial score (nSPS) is 13.8. The van der Waals surface area contributed by atoms with Crippen molar-refractivity contribution in [3.05, 3.63) is 80.2 Å². The summed E-state index contributed by atoms with van der Waals surface area (Å²) >= 11 is 6.05. The summed E-state index contributed by atoms with van der Waals surface area (Å²) in [6.45, 7) is 3.24. The highest BCUT2D eigenvalue weighted by Gasteiger charge is 2.41. The predicted octanol–water partition coefficient (Wildman–Crippen LogP) is 6.64. The van der Waals surface area contributed by atoms with E-state index in [1.165, 1.54) is 63.8 Å². The van der Waals surface area contributed by atoms with Crippen molar-refractivity contribution < 1.29 is 50.8 Å². The average molecular weight is 664 g/mol. The molecule has 14 heteroatoms. The molecule has 5 rings (SSSR count). The van der Waals surface area contributed by atoms with Crippen molar-refractivity contribution in [1.82, 2.24) is 4.90 Å². The lowest BCUT2D eigenvalue weighted by Crippen LogP contribution is -2.36. The lowest BCUT2D eigenvalue weighted by molar-refractivity contribution is -0.154. The molecule has 2 heterocycles. The van der Waals surface area contributed by atoms with Gasteiger partial charge in [0.05, 0.1) is 51.1 Å². The standard InChI is InChI=1S/C32H29ClF3NO9/c1-17-13-19(5-7-22(17)33)44-29-26(38)20-6-8-23(45-31(39)18-14-24(40-2)28(42-4)25(15-18)41-3)21(16-37-9-11-43-12-10-37)27(20)46-30(29)32(34,35)36/h5-8,13-15H,9-12,16H2,1-4H3. The van der Waals surface area contributed by atoms with Gasteiger partial charge < -0.3 is 32.8 Å². The molecule has 4 aromatic rings. The first-order valence-corrected chi connectivity index (χ1v) is 14.3. The molecule has 0 saturated carbocycles. The van der Waals surface area contributed by atoms with Crippen LogP contribution in [0.4, 0.5) is 13.2 Å². The summed E-state index contributed by atoms with van der Waals surface area (Å²) in [5.41, 5.74) is -0.877. The quantitative estimate of drug-likeness (QED) is 0.143. The third-order valence-corrected chi connectivity index (χ3v) is 7.70. The van der Waals surface area contributed by atoms with Crippen LogP contribution in [-0.2, 0) is 17.5 Å². The van der Waals surface area contributed by atoms with Crippen molar-refractivity contribution >= 4 is 28.5 Å². The first-order valence-electron chi connectivity index (χ1n) is 13.9. The van der Waals surface area contributed by atoms with Gasteiger partial charge in [-0.3, -0.25) is 9.69 Å². The molecule has 46 heavy (non-hydrogen) atoms. The number of rotatable bonds is 9. The third kappa shape index (κ3) is 6.71. The topological polar surface area (TPSA) is 106 Å². The van der Waals surface area contributed by atoms with E-state index in [1.807, 2.05) is 4.90 Å². The second-order valence-electron chi connectivity index (χ2n) is 10.2. The Morgan fingerprint density at radius 3 is 2.20 bits per heavy atom. The van der Waals surface area contributed by atoms with E-state index in [0.717, 1.165) is 0 Å². The molecule has 10 nitrogen and oxygen atoms in total. The summed E-state index contributed by atoms with van der Waals surface area (Å²) in [4.78, 5) is 29.0. The van der Waals surface area contributed by atoms with Crippen LogP contribution in [0.5, 0.6) is 34.5 Å². The number of halogens is 4. The Morgan fingerprint density at radius 2 is 1.61 bits per heavy atom. The summed E-state index contributed by atoms with van der Waals surface area (Å²) < 4.78 is 81.4. The fourth-order valence-corrected chi connectivity index (χ4v) is 5.06. The van der Waals surface area contributed by atoms with E-state index in [4.69, 9.17) is 44.4 Å². The van der Waals surface area contributed by atoms with Crippen LogP contribution < -0.4 is 29.1 Å². The van der Waals surface area contributed by atoms with Crippen molar-refractivity contribution in [2.24, 2.45) is 0 Å². The summed E-state index contributed by atoms with van der Waals surface area (Å²) in [6, 6.07) is 9.48. The van der Waals surface area contributed by atoms with Crippen molar-refractivity contribution in [3.63, 3.8) is 0 Å². The summed E-state index contributed by atoms with van der Waals surface area (Å²) in [5.74, 6) is -3.10. The number of aryl methyl sites for hydroxylation is 1. The first kappa shape index (κ1) is 32.9. The Morgan fingerprint density at radius 1 is 0.935 bits per heavy atom. The van der Waals surface area contributed by atoms with Crippen LogP contribution >= 0.6 is 11.6 Å². The van der Waals surface area contributed by atoms with Gasteiger partial charge in [-0.2, -0.15) is 13.2 Å². The Hall–Kier alpha value is -4.46. The highest BCUT2D eigenvalue weighted by molar-refractivity contribution is 6.31. The van der Waals surface area contributed by atoms with E-state index in [-0.39, 0.29) is 51.8 Å². The number of benzene rings is 3. The minimum absolute atomic E-state index is 0.00589. The monoisotopic (exact) mass is 663 g/mol. The zero-order chi connectivity index (χ0) is 33.2. The van der Waals surface area contributed by atoms with Gasteiger partial charge in [0, 0.05) is 24.7 Å². The number of methoxy groups -OCH3 is 3. The van der Waals surface area contributed by atoms with Gasteiger partial charge in [0.25, 0.3) is 5.76 Å². The molecule has 1 aliphatic rings. The Kier molecular flexibility index (Phi) is 9.66. The molecular weight excluding hydrogens is 635 g/mol. The number of carbonyl (C=O) groups is 1. The van der Waals surface area contributed by atoms with Gasteiger partial charge in [-0.1, -0.05) is 11.6 Å². The Balaban J connectivity index is 1.65. The summed E-state index contributed by atoms with van der Waals surface area (Å²) in [7, 11) is 4.16. The zero-order valence-electron chi connectivity index (χ0n) is 25.2. The zero-order valence-corrected chi connectivity index (χ0v) is 26.0. The first-order chi connectivity index (χ1) is 21.9. The molecule has 1 aliphatic heterocycles. The number of morpholine rings is 1. The van der Waals surface area contributed by atoms with Gasteiger partial charge in [-0.15, -0.1) is 0 Å². The smallest absolute Gasteiger partial charge is 0.453 e. The minimum atomic E-state index is -5.12. The second-order valence-corrected chi connectivity index (χ2v) is 10.6. The maximum Gasteiger partial charge on any atom is 0.453 e. The number of nitrogens with zero attached hydrogens (tertiary/aromatic N) is 1. The average Bonchev–Trinajstić information content (AvgIpc) is 3.04. The third-order valence-electron chi connectivity index (χ3n) is 7.27. The van der Waals surface area contributed by atoms with Gasteiger partial charge in [-0.05, 0) is 55.0 Å². The van der Waals surface area contributed by atoms with Gasteiger partial charge >= 0.3 is 12.1 Å². The van der Waals surface area contributed by atoms with E-state index < -0.39 is 34.7 Å². The van der Waals surface area contributed by atoms with E-state index in [2.05, 4.69) is 0 Å². The number of ether oxygens (including phenoxy) is 6. The van der Waals surface area contributed by atoms with Crippen LogP contribution in [0.1, 0.15) is 27.2 Å². The van der Waals surface area contributed by atoms with Crippen molar-refractivity contribution in [2.75, 3.05) is 47.6 Å². The molecule has 0 radical (unpaired) electrons. The summed E-state index contributed by atoms with van der Waals surface area (Å²) in [6.07, 6.45) is -5.12. The molecular formula is C32H29ClF3NO9. The van der Waals surface area contributed by atoms with Crippen LogP contribution in [0.3, 0.4) is 0 Å². The van der Waals surface area contributed by atoms with Crippen LogP contribution in [-0.4, -0.2) is 58.5 Å². The molecule has 0 N–H and O–H groups in total. The molecule has 244 valence electrons. The van der Waals surface area contributed by atoms with Gasteiger partial charge in [0.1, 0.15) is 17.1 Å². The Labute approximate surface area is 266 Å². The van der Waals surface area contributed by atoms with Gasteiger partial charge in [0.15, 0.2) is 11.5 Å². The molecule has 0 aliphatic carbocycles. The molecule has 3 aromatic carbocycles. The van der Waals surface area contributed by atoms with E-state index in [9.17, 15) is 22.8 Å². The number of alkyl halides is 3. The maximum atomic E-state index is 14.4. The van der Waals surface area contributed by atoms with Gasteiger partial charge in [-0.25, -0.2) is 4.79 Å². The molecule has 1 fully saturated rings. The SMILES string of the molecule is COc1cc(C(=O)Oc2ccc3c(=O)c(Oc4ccc(Cl)c(C)c4)c(C(F)(F)F)oc3c2CN2CCOCC2)cc(OC)c1OC. The van der Waals surface area contributed by atoms with Crippen molar-refractivity contribution in [1.29, 1.82) is 0 Å². The molecule has 0 unspecified atom stereocenters. The number of fused-ring (bicyclic) bond motifs is 1. The predicted molar refractivity (Wildman–Crippen MR) is 161 cm³/mol. The Bertz CT molecular complexity index is 1810. The van der Waals surface area contributed by atoms with Crippen LogP contribution in [0.2, 0.25) is 5.02 Å². The number of esters is 1. The molecule has 1 saturated heterocycles. The second kappa shape index (κ2) is 13.5. The van der Waals surface area contributed by atoms with E-state index in [1.54, 1.807) is 6.92 Å². The lowest BCUT2D eigenvalue weighted by Gasteiger charge is -2.27. The number of hydrogen-bond donors (Lipinski definition) is 0. The van der Waals surface area contributed by atoms with E-state index >= 15 is 0 Å². The van der Waals surface area contributed by atoms with Crippen LogP contribution in [0, 0.1) is 6.92 Å². The maximum absolute atomic E-state index is 14.4. The fourth-order valence-electron chi connectivity index (χ4n) is 4.94. The van der Waals surface area contributed by atoms with Crippen molar-refractivity contribution in [2.45, 2.75) is 19.6 Å². The van der Waals surface area contributed by atoms with Crippen LogP contribution in [0.25, 0.3) is 11.0 Å². The van der Waals surface area contributed by atoms with Crippen molar-refractivity contribution in [3.8, 4) is 34.5 Å². The molecule has 0 amide bonds. The lowest BCUT2D eigenvalue weighted by atomic mass is 10.1. The highest BCUT2D eigenvalue weighted by atomic mass is 35.5. The number of carbonyl (C=O) groups excluding carboxylic acids is 1. The molecule has 0 bridgehead atoms. The molecule has 0 atom stereocenters. The minimum Gasteiger partial charge on any atom is -0.493 e. The molecule has 0 spiro atoms. The van der Waals surface area contributed by atoms with Crippen LogP contribution in [0.15, 0.2) is 51.7 Å². The van der Waals surface area contributed by atoms with Gasteiger partial charge in [0.2, 0.25) is 16.9 Å². The number of hydrogen-bond acceptors (Lipinski definition) is 10. The fraction of sp³-hybridized carbons (Fsp3) is 0.312. The molecule has 1 aromatic heterocycles. The highest BCUT2D eigenvalue weighted by Crippen LogP contribution is 2.42. The summed E-state index contributed by atoms with van der Waals surface area (Å²) in [5, 5.41) is 0.167. The van der Waals surface area contributed by atoms with E-state index in [0.29, 0.717) is 36.9 Å².